The minimum atomic E-state index is -0.861. The van der Waals surface area contributed by atoms with Crippen molar-refractivity contribution in [1.82, 2.24) is 9.55 Å². The maximum absolute atomic E-state index is 12.2. The van der Waals surface area contributed by atoms with Crippen molar-refractivity contribution >= 4 is 22.6 Å². The molecular weight excluding hydrogens is 324 g/mol. The molecule has 0 radical (unpaired) electrons. The third-order valence-corrected chi connectivity index (χ3v) is 4.63. The summed E-state index contributed by atoms with van der Waals surface area (Å²) in [5.74, 6) is 0.267. The number of benzene rings is 2. The van der Waals surface area contributed by atoms with Crippen molar-refractivity contribution in [3.63, 3.8) is 0 Å². The van der Waals surface area contributed by atoms with Gasteiger partial charge in [-0.2, -0.15) is 0 Å². The Morgan fingerprint density at radius 2 is 1.50 bits per heavy atom. The number of carbonyl (C=O) groups excluding carboxylic acids is 2. The third-order valence-electron chi connectivity index (χ3n) is 4.63. The van der Waals surface area contributed by atoms with Crippen LogP contribution in [0.2, 0.25) is 0 Å². The number of hydrogen-bond donors (Lipinski definition) is 0. The number of para-hydroxylation sites is 2. The van der Waals surface area contributed by atoms with E-state index in [1.54, 1.807) is 4.57 Å². The Hall–Kier alpha value is -2.75. The fraction of sp³-hybridized carbons (Fsp3) is 0.318. The number of fused-ring (bicyclic) bond motifs is 1. The fourth-order valence-corrected chi connectivity index (χ4v) is 3.28. The molecule has 0 unspecified atom stereocenters. The van der Waals surface area contributed by atoms with Crippen LogP contribution in [0, 0.1) is 0 Å². The normalized spacial score (nSPS) is 11.9. The van der Waals surface area contributed by atoms with Gasteiger partial charge in [0, 0.05) is 5.56 Å². The Kier molecular flexibility index (Phi) is 4.53. The van der Waals surface area contributed by atoms with Crippen molar-refractivity contribution in [3.05, 3.63) is 54.1 Å². The second-order valence-corrected chi connectivity index (χ2v) is 7.75. The smallest absolute Gasteiger partial charge is 0.160 e. The van der Waals surface area contributed by atoms with Gasteiger partial charge >= 0.3 is 0 Å². The molecule has 0 saturated carbocycles. The molecule has 134 valence electrons. The average Bonchev–Trinajstić information content (AvgIpc) is 2.93. The number of carbonyl (C=O) groups is 2. The zero-order valence-corrected chi connectivity index (χ0v) is 15.9. The number of Topliss-reactive ketones (excluding diaryl/α,β-unsaturated/α-hetero) is 2. The molecule has 0 N–H and O–H groups in total. The van der Waals surface area contributed by atoms with Gasteiger partial charge in [-0.15, -0.1) is 0 Å². The van der Waals surface area contributed by atoms with Gasteiger partial charge in [-0.05, 0) is 37.0 Å². The lowest BCUT2D eigenvalue weighted by Crippen LogP contribution is -2.24. The Morgan fingerprint density at radius 3 is 2.04 bits per heavy atom. The summed E-state index contributed by atoms with van der Waals surface area (Å²) in [6, 6.07) is 14.9. The van der Waals surface area contributed by atoms with Crippen LogP contribution in [0.3, 0.4) is 0 Å². The summed E-state index contributed by atoms with van der Waals surface area (Å²) in [7, 11) is 0. The van der Waals surface area contributed by atoms with E-state index in [0.717, 1.165) is 16.6 Å². The number of aromatic nitrogens is 2. The lowest BCUT2D eigenvalue weighted by atomic mass is 9.86. The molecule has 0 amide bonds. The molecular formula is C22H24N2O2. The molecule has 0 atom stereocenters. The molecule has 0 aliphatic carbocycles. The molecule has 0 spiro atoms. The van der Waals surface area contributed by atoms with Crippen molar-refractivity contribution in [3.8, 4) is 11.4 Å². The fourth-order valence-electron chi connectivity index (χ4n) is 3.28. The summed E-state index contributed by atoms with van der Waals surface area (Å²) in [6.07, 6.45) is 0. The van der Waals surface area contributed by atoms with Gasteiger partial charge in [0.2, 0.25) is 0 Å². The molecule has 0 saturated heterocycles. The Labute approximate surface area is 153 Å². The largest absolute Gasteiger partial charge is 0.306 e. The lowest BCUT2D eigenvalue weighted by molar-refractivity contribution is -0.129. The van der Waals surface area contributed by atoms with Crippen LogP contribution in [0.1, 0.15) is 46.2 Å². The second kappa shape index (κ2) is 6.52. The molecule has 3 rings (SSSR count). The molecule has 0 bridgehead atoms. The van der Waals surface area contributed by atoms with Gasteiger partial charge < -0.3 is 4.57 Å². The van der Waals surface area contributed by atoms with E-state index in [0.29, 0.717) is 5.82 Å². The Balaban J connectivity index is 2.24. The van der Waals surface area contributed by atoms with E-state index in [-0.39, 0.29) is 17.0 Å². The van der Waals surface area contributed by atoms with Crippen LogP contribution in [0.5, 0.6) is 0 Å². The SMILES string of the molecule is CC(=O)C(C(C)=O)n1c(-c2ccc(C(C)(C)C)cc2)nc2ccccc21. The Morgan fingerprint density at radius 1 is 0.923 bits per heavy atom. The summed E-state index contributed by atoms with van der Waals surface area (Å²) in [5.41, 5.74) is 3.73. The monoisotopic (exact) mass is 348 g/mol. The van der Waals surface area contributed by atoms with Crippen molar-refractivity contribution in [1.29, 1.82) is 0 Å². The standard InChI is InChI=1S/C22H24N2O2/c1-14(25)20(15(2)26)24-19-9-7-6-8-18(19)23-21(24)16-10-12-17(13-11-16)22(3,4)5/h6-13,20H,1-5H3. The van der Waals surface area contributed by atoms with E-state index >= 15 is 0 Å². The highest BCUT2D eigenvalue weighted by Crippen LogP contribution is 2.31. The van der Waals surface area contributed by atoms with Crippen molar-refractivity contribution in [2.75, 3.05) is 0 Å². The van der Waals surface area contributed by atoms with E-state index in [1.807, 2.05) is 36.4 Å². The van der Waals surface area contributed by atoms with Crippen LogP contribution >= 0.6 is 0 Å². The molecule has 0 aliphatic heterocycles. The first-order chi connectivity index (χ1) is 12.2. The minimum Gasteiger partial charge on any atom is -0.306 e. The molecule has 4 nitrogen and oxygen atoms in total. The van der Waals surface area contributed by atoms with Gasteiger partial charge in [-0.1, -0.05) is 57.2 Å². The number of imidazole rings is 1. The molecule has 1 heterocycles. The minimum absolute atomic E-state index is 0.0555. The van der Waals surface area contributed by atoms with Crippen molar-refractivity contribution in [2.24, 2.45) is 0 Å². The van der Waals surface area contributed by atoms with Crippen LogP contribution in [-0.4, -0.2) is 21.1 Å². The molecule has 0 aliphatic rings. The quantitative estimate of drug-likeness (QED) is 0.641. The predicted octanol–water partition coefficient (Wildman–Crippen LogP) is 4.72. The highest BCUT2D eigenvalue weighted by atomic mass is 16.2. The van der Waals surface area contributed by atoms with E-state index in [1.165, 1.54) is 19.4 Å². The summed E-state index contributed by atoms with van der Waals surface area (Å²) in [4.78, 5) is 29.2. The molecule has 0 fully saturated rings. The van der Waals surface area contributed by atoms with Gasteiger partial charge in [0.1, 0.15) is 5.82 Å². The van der Waals surface area contributed by atoms with Crippen LogP contribution in [0.4, 0.5) is 0 Å². The number of rotatable bonds is 4. The van der Waals surface area contributed by atoms with Gasteiger partial charge in [0.15, 0.2) is 17.6 Å². The van der Waals surface area contributed by atoms with Crippen LogP contribution in [-0.2, 0) is 15.0 Å². The number of ketones is 2. The summed E-state index contributed by atoms with van der Waals surface area (Å²) < 4.78 is 1.77. The van der Waals surface area contributed by atoms with Crippen LogP contribution in [0.25, 0.3) is 22.4 Å². The van der Waals surface area contributed by atoms with E-state index in [4.69, 9.17) is 4.98 Å². The summed E-state index contributed by atoms with van der Waals surface area (Å²) in [6.45, 7) is 9.40. The van der Waals surface area contributed by atoms with Gasteiger partial charge in [-0.3, -0.25) is 9.59 Å². The lowest BCUT2D eigenvalue weighted by Gasteiger charge is -2.20. The molecule has 3 aromatic rings. The average molecular weight is 348 g/mol. The highest BCUT2D eigenvalue weighted by Gasteiger charge is 2.27. The molecule has 1 aromatic heterocycles. The van der Waals surface area contributed by atoms with Crippen molar-refractivity contribution < 1.29 is 9.59 Å². The first-order valence-corrected chi connectivity index (χ1v) is 8.79. The van der Waals surface area contributed by atoms with Crippen LogP contribution < -0.4 is 0 Å². The van der Waals surface area contributed by atoms with E-state index < -0.39 is 6.04 Å². The highest BCUT2D eigenvalue weighted by molar-refractivity contribution is 6.04. The van der Waals surface area contributed by atoms with Crippen LogP contribution in [0.15, 0.2) is 48.5 Å². The molecule has 4 heteroatoms. The van der Waals surface area contributed by atoms with Gasteiger partial charge in [0.05, 0.1) is 11.0 Å². The first kappa shape index (κ1) is 18.1. The summed E-state index contributed by atoms with van der Waals surface area (Å²) >= 11 is 0. The summed E-state index contributed by atoms with van der Waals surface area (Å²) in [5, 5.41) is 0. The maximum Gasteiger partial charge on any atom is 0.160 e. The second-order valence-electron chi connectivity index (χ2n) is 7.75. The van der Waals surface area contributed by atoms with Gasteiger partial charge in [-0.25, -0.2) is 4.98 Å². The van der Waals surface area contributed by atoms with E-state index in [9.17, 15) is 9.59 Å². The zero-order chi connectivity index (χ0) is 19.1. The van der Waals surface area contributed by atoms with E-state index in [2.05, 4.69) is 32.9 Å². The first-order valence-electron chi connectivity index (χ1n) is 8.79. The number of nitrogens with zero attached hydrogens (tertiary/aromatic N) is 2. The third kappa shape index (κ3) is 3.19. The van der Waals surface area contributed by atoms with Gasteiger partial charge in [0.25, 0.3) is 0 Å². The number of hydrogen-bond acceptors (Lipinski definition) is 3. The zero-order valence-electron chi connectivity index (χ0n) is 15.9. The molecule has 26 heavy (non-hydrogen) atoms. The van der Waals surface area contributed by atoms with Crippen molar-refractivity contribution in [2.45, 2.75) is 46.1 Å². The molecule has 2 aromatic carbocycles. The topological polar surface area (TPSA) is 52.0 Å². The maximum atomic E-state index is 12.2. The Bertz CT molecular complexity index is 962. The predicted molar refractivity (Wildman–Crippen MR) is 104 cm³/mol.